The molecule has 1 heterocycles. The van der Waals surface area contributed by atoms with Crippen LogP contribution in [0.25, 0.3) is 11.1 Å². The number of rotatable bonds is 5. The number of nitrogens with one attached hydrogen (secondary N) is 1. The van der Waals surface area contributed by atoms with Gasteiger partial charge in [-0.05, 0) is 64.4 Å². The van der Waals surface area contributed by atoms with Crippen molar-refractivity contribution in [3.05, 3.63) is 83.7 Å². The van der Waals surface area contributed by atoms with Crippen LogP contribution in [0, 0.1) is 0 Å². The van der Waals surface area contributed by atoms with Crippen molar-refractivity contribution in [3.63, 3.8) is 0 Å². The highest BCUT2D eigenvalue weighted by molar-refractivity contribution is 6.01. The van der Waals surface area contributed by atoms with Crippen molar-refractivity contribution < 1.29 is 9.90 Å². The van der Waals surface area contributed by atoms with Crippen LogP contribution in [0.5, 0.6) is 5.75 Å². The van der Waals surface area contributed by atoms with Gasteiger partial charge >= 0.3 is 0 Å². The van der Waals surface area contributed by atoms with Gasteiger partial charge in [0.2, 0.25) is 0 Å². The minimum Gasteiger partial charge on any atom is -0.508 e. The first kappa shape index (κ1) is 19.6. The van der Waals surface area contributed by atoms with Gasteiger partial charge in [-0.2, -0.15) is 0 Å². The van der Waals surface area contributed by atoms with E-state index in [9.17, 15) is 9.90 Å². The van der Waals surface area contributed by atoms with Gasteiger partial charge in [0.15, 0.2) is 0 Å². The molecular weight excluding hydrogens is 348 g/mol. The number of nitrogens with zero attached hydrogens (tertiary/aromatic N) is 1. The maximum Gasteiger partial charge on any atom is 0.251 e. The number of phenols is 1. The Kier molecular flexibility index (Phi) is 5.78. The third kappa shape index (κ3) is 4.77. The Balaban J connectivity index is 1.67. The Bertz CT molecular complexity index is 943. The molecule has 28 heavy (non-hydrogen) atoms. The average molecular weight is 374 g/mol. The molecule has 1 aromatic heterocycles. The zero-order chi connectivity index (χ0) is 20.1. The first-order valence-corrected chi connectivity index (χ1v) is 9.45. The van der Waals surface area contributed by atoms with Gasteiger partial charge in [-0.15, -0.1) is 0 Å². The van der Waals surface area contributed by atoms with Crippen LogP contribution >= 0.6 is 0 Å². The number of carbonyl (C=O) groups is 1. The molecule has 4 heteroatoms. The second-order valence-electron chi connectivity index (χ2n) is 7.92. The summed E-state index contributed by atoms with van der Waals surface area (Å²) >= 11 is 0. The Hall–Kier alpha value is -3.14. The van der Waals surface area contributed by atoms with Crippen LogP contribution in [0.3, 0.4) is 0 Å². The maximum absolute atomic E-state index is 12.7. The third-order valence-electron chi connectivity index (χ3n) is 4.76. The van der Waals surface area contributed by atoms with Gasteiger partial charge in [-0.25, -0.2) is 0 Å². The van der Waals surface area contributed by atoms with Gasteiger partial charge < -0.3 is 10.4 Å². The molecule has 1 amide bonds. The smallest absolute Gasteiger partial charge is 0.251 e. The minimum atomic E-state index is -0.155. The summed E-state index contributed by atoms with van der Waals surface area (Å²) in [6.45, 7) is 7.13. The molecule has 0 saturated heterocycles. The fraction of sp³-hybridized carbons (Fsp3) is 0.250. The summed E-state index contributed by atoms with van der Waals surface area (Å²) in [5.74, 6) is -0.0274. The van der Waals surface area contributed by atoms with Gasteiger partial charge in [0, 0.05) is 24.5 Å². The molecule has 0 spiro atoms. The molecule has 3 aromatic rings. The number of phenolic OH excluding ortho intramolecular Hbond substituents is 1. The number of hydrogen-bond acceptors (Lipinski definition) is 3. The van der Waals surface area contributed by atoms with E-state index in [1.807, 2.05) is 12.1 Å². The highest BCUT2D eigenvalue weighted by atomic mass is 16.3. The van der Waals surface area contributed by atoms with Crippen LogP contribution in [-0.2, 0) is 11.8 Å². The van der Waals surface area contributed by atoms with E-state index < -0.39 is 0 Å². The van der Waals surface area contributed by atoms with Crippen LogP contribution in [0.1, 0.15) is 42.3 Å². The molecule has 2 N–H and O–H groups in total. The predicted octanol–water partition coefficient (Wildman–Crippen LogP) is 4.72. The quantitative estimate of drug-likeness (QED) is 0.679. The van der Waals surface area contributed by atoms with Crippen LogP contribution in [0.4, 0.5) is 0 Å². The van der Waals surface area contributed by atoms with Crippen LogP contribution < -0.4 is 5.32 Å². The normalized spacial score (nSPS) is 11.2. The molecular formula is C24H26N2O2. The first-order valence-electron chi connectivity index (χ1n) is 9.45. The molecule has 0 unspecified atom stereocenters. The summed E-state index contributed by atoms with van der Waals surface area (Å²) in [5.41, 5.74) is 4.68. The van der Waals surface area contributed by atoms with Gasteiger partial charge in [0.1, 0.15) is 5.75 Å². The molecule has 0 aliphatic carbocycles. The number of aromatic hydroxyl groups is 1. The van der Waals surface area contributed by atoms with Crippen molar-refractivity contribution in [2.75, 3.05) is 6.54 Å². The van der Waals surface area contributed by atoms with Crippen molar-refractivity contribution in [2.45, 2.75) is 32.6 Å². The Labute approximate surface area is 166 Å². The predicted molar refractivity (Wildman–Crippen MR) is 113 cm³/mol. The number of benzene rings is 2. The average Bonchev–Trinajstić information content (AvgIpc) is 2.68. The van der Waals surface area contributed by atoms with Crippen LogP contribution in [0.15, 0.2) is 67.0 Å². The number of amides is 1. The zero-order valence-electron chi connectivity index (χ0n) is 16.6. The summed E-state index contributed by atoms with van der Waals surface area (Å²) in [6, 6.07) is 17.0. The summed E-state index contributed by atoms with van der Waals surface area (Å²) in [7, 11) is 0. The number of aromatic nitrogens is 1. The lowest BCUT2D eigenvalue weighted by Crippen LogP contribution is -2.26. The van der Waals surface area contributed by atoms with Crippen molar-refractivity contribution in [2.24, 2.45) is 0 Å². The molecule has 0 aliphatic rings. The summed E-state index contributed by atoms with van der Waals surface area (Å²) in [5, 5.41) is 12.8. The molecule has 0 fully saturated rings. The Morgan fingerprint density at radius 1 is 1.00 bits per heavy atom. The fourth-order valence-corrected chi connectivity index (χ4v) is 3.09. The van der Waals surface area contributed by atoms with E-state index in [1.54, 1.807) is 24.5 Å². The van der Waals surface area contributed by atoms with E-state index in [1.165, 1.54) is 17.2 Å². The molecule has 0 bridgehead atoms. The minimum absolute atomic E-state index is 0.127. The third-order valence-corrected chi connectivity index (χ3v) is 4.76. The molecule has 0 atom stereocenters. The van der Waals surface area contributed by atoms with E-state index in [4.69, 9.17) is 0 Å². The van der Waals surface area contributed by atoms with Crippen molar-refractivity contribution in [1.29, 1.82) is 0 Å². The van der Waals surface area contributed by atoms with E-state index in [0.717, 1.165) is 12.0 Å². The summed E-state index contributed by atoms with van der Waals surface area (Å²) < 4.78 is 0. The zero-order valence-corrected chi connectivity index (χ0v) is 16.6. The molecule has 2 aromatic carbocycles. The summed E-state index contributed by atoms with van der Waals surface area (Å²) in [6.07, 6.45) is 4.10. The lowest BCUT2D eigenvalue weighted by molar-refractivity contribution is 0.0955. The topological polar surface area (TPSA) is 62.2 Å². The number of pyridine rings is 1. The Morgan fingerprint density at radius 2 is 1.68 bits per heavy atom. The fourth-order valence-electron chi connectivity index (χ4n) is 3.09. The van der Waals surface area contributed by atoms with E-state index >= 15 is 0 Å². The lowest BCUT2D eigenvalue weighted by Gasteiger charge is -2.19. The highest BCUT2D eigenvalue weighted by Crippen LogP contribution is 2.27. The Morgan fingerprint density at radius 3 is 2.32 bits per heavy atom. The molecule has 3 rings (SSSR count). The van der Waals surface area contributed by atoms with Crippen molar-refractivity contribution in [3.8, 4) is 16.9 Å². The first-order chi connectivity index (χ1) is 13.3. The number of hydrogen-bond donors (Lipinski definition) is 2. The van der Waals surface area contributed by atoms with Crippen LogP contribution in [-0.4, -0.2) is 22.5 Å². The standard InChI is InChI=1S/C24H26N2O2/c1-24(2,3)19-6-4-17(5-7-19)10-15-26-23(28)21-9-8-20(27)16-22(21)18-11-13-25-14-12-18/h4-9,11-14,16,27H,10,15H2,1-3H3,(H,26,28). The van der Waals surface area contributed by atoms with Gasteiger partial charge in [-0.3, -0.25) is 9.78 Å². The molecule has 0 radical (unpaired) electrons. The van der Waals surface area contributed by atoms with E-state index in [-0.39, 0.29) is 17.1 Å². The van der Waals surface area contributed by atoms with Gasteiger partial charge in [0.05, 0.1) is 0 Å². The van der Waals surface area contributed by atoms with Crippen molar-refractivity contribution >= 4 is 5.91 Å². The largest absolute Gasteiger partial charge is 0.508 e. The second-order valence-corrected chi connectivity index (χ2v) is 7.92. The highest BCUT2D eigenvalue weighted by Gasteiger charge is 2.14. The van der Waals surface area contributed by atoms with Gasteiger partial charge in [-0.1, -0.05) is 45.0 Å². The van der Waals surface area contributed by atoms with Gasteiger partial charge in [0.25, 0.3) is 5.91 Å². The molecule has 0 aliphatic heterocycles. The SMILES string of the molecule is CC(C)(C)c1ccc(CCNC(=O)c2ccc(O)cc2-c2ccncc2)cc1. The van der Waals surface area contributed by atoms with E-state index in [0.29, 0.717) is 17.7 Å². The summed E-state index contributed by atoms with van der Waals surface area (Å²) in [4.78, 5) is 16.7. The lowest BCUT2D eigenvalue weighted by atomic mass is 9.86. The molecule has 144 valence electrons. The number of carbonyl (C=O) groups excluding carboxylic acids is 1. The van der Waals surface area contributed by atoms with Crippen molar-refractivity contribution in [1.82, 2.24) is 10.3 Å². The van der Waals surface area contributed by atoms with E-state index in [2.05, 4.69) is 55.3 Å². The monoisotopic (exact) mass is 374 g/mol. The second kappa shape index (κ2) is 8.26. The molecule has 0 saturated carbocycles. The van der Waals surface area contributed by atoms with Crippen LogP contribution in [0.2, 0.25) is 0 Å². The maximum atomic E-state index is 12.7. The molecule has 4 nitrogen and oxygen atoms in total.